The average Bonchev–Trinajstić information content (AvgIpc) is 2.25. The van der Waals surface area contributed by atoms with Crippen LogP contribution in [-0.4, -0.2) is 24.8 Å². The van der Waals surface area contributed by atoms with E-state index in [2.05, 4.69) is 0 Å². The van der Waals surface area contributed by atoms with E-state index in [0.29, 0.717) is 6.29 Å². The Morgan fingerprint density at radius 1 is 1.24 bits per heavy atom. The summed E-state index contributed by atoms with van der Waals surface area (Å²) in [5.41, 5.74) is -2.04. The Hall–Kier alpha value is -0.149. The van der Waals surface area contributed by atoms with Crippen molar-refractivity contribution in [2.45, 2.75) is 33.3 Å². The maximum Gasteiger partial charge on any atom is 1.00 e. The Morgan fingerprint density at radius 3 is 2.14 bits per heavy atom. The zero-order valence-corrected chi connectivity index (χ0v) is 15.8. The van der Waals surface area contributed by atoms with Crippen molar-refractivity contribution in [2.24, 2.45) is 0 Å². The molecule has 0 saturated heterocycles. The third-order valence-electron chi connectivity index (χ3n) is 2.59. The molecule has 3 nitrogen and oxygen atoms in total. The Morgan fingerprint density at radius 2 is 1.76 bits per heavy atom. The van der Waals surface area contributed by atoms with Crippen LogP contribution in [-0.2, 0) is 4.74 Å². The van der Waals surface area contributed by atoms with Gasteiger partial charge in [-0.3, -0.25) is 4.79 Å². The van der Waals surface area contributed by atoms with Gasteiger partial charge in [-0.1, -0.05) is 12.1 Å². The molecule has 0 N–H and O–H groups in total. The minimum absolute atomic E-state index is 0. The fourth-order valence-electron chi connectivity index (χ4n) is 1.62. The molecule has 0 radical (unpaired) electrons. The number of benzene rings is 1. The normalized spacial score (nSPS) is 11.6. The van der Waals surface area contributed by atoms with Crippen LogP contribution in [0, 0.1) is 6.92 Å². The minimum Gasteiger partial charge on any atom is -0.456 e. The van der Waals surface area contributed by atoms with Gasteiger partial charge < -0.3 is 17.7 Å². The van der Waals surface area contributed by atoms with E-state index in [4.69, 9.17) is 4.74 Å². The van der Waals surface area contributed by atoms with Crippen molar-refractivity contribution in [3.8, 4) is 0 Å². The maximum absolute atomic E-state index is 12.8. The van der Waals surface area contributed by atoms with Gasteiger partial charge in [0.25, 0.3) is 0 Å². The first-order valence-corrected chi connectivity index (χ1v) is 5.98. The third-order valence-corrected chi connectivity index (χ3v) is 2.59. The van der Waals surface area contributed by atoms with E-state index in [1.807, 2.05) is 0 Å². The minimum atomic E-state index is -5.30. The molecule has 0 atom stereocenters. The number of halogens is 3. The molecule has 0 amide bonds. The zero-order valence-electron chi connectivity index (χ0n) is 12.7. The van der Waals surface area contributed by atoms with Gasteiger partial charge in [0, 0.05) is 5.56 Å². The van der Waals surface area contributed by atoms with E-state index < -0.39 is 24.0 Å². The molecule has 0 heterocycles. The number of esters is 1. The average molecular weight is 326 g/mol. The van der Waals surface area contributed by atoms with Crippen LogP contribution in [0.4, 0.5) is 12.9 Å². The van der Waals surface area contributed by atoms with E-state index in [1.54, 1.807) is 20.8 Å². The van der Waals surface area contributed by atoms with Crippen LogP contribution in [0.1, 0.15) is 47.1 Å². The maximum atomic E-state index is 12.8. The molecule has 8 heteroatoms. The fraction of sp³-hybridized carbons (Fsp3) is 0.385. The molecule has 0 aliphatic heterocycles. The molecule has 21 heavy (non-hydrogen) atoms. The first-order valence-electron chi connectivity index (χ1n) is 5.98. The van der Waals surface area contributed by atoms with Gasteiger partial charge in [0.05, 0.1) is 5.56 Å². The molecule has 0 spiro atoms. The van der Waals surface area contributed by atoms with Crippen molar-refractivity contribution in [2.75, 3.05) is 0 Å². The molecule has 0 unspecified atom stereocenters. The number of hydrogen-bond acceptors (Lipinski definition) is 3. The second-order valence-electron chi connectivity index (χ2n) is 5.48. The quantitative estimate of drug-likeness (QED) is 0.440. The molecule has 1 rings (SSSR count). The van der Waals surface area contributed by atoms with Gasteiger partial charge in [0.15, 0.2) is 0 Å². The van der Waals surface area contributed by atoms with Crippen molar-refractivity contribution in [3.05, 3.63) is 28.8 Å². The van der Waals surface area contributed by atoms with Crippen LogP contribution in [0.25, 0.3) is 0 Å². The summed E-state index contributed by atoms with van der Waals surface area (Å²) in [5.74, 6) is -0.875. The van der Waals surface area contributed by atoms with Crippen LogP contribution in [0.15, 0.2) is 12.1 Å². The molecule has 0 bridgehead atoms. The number of rotatable bonds is 3. The van der Waals surface area contributed by atoms with Crippen molar-refractivity contribution < 1.29 is 78.7 Å². The van der Waals surface area contributed by atoms with Crippen molar-refractivity contribution in [3.63, 3.8) is 0 Å². The second kappa shape index (κ2) is 7.41. The summed E-state index contributed by atoms with van der Waals surface area (Å²) >= 11 is 0. The summed E-state index contributed by atoms with van der Waals surface area (Å²) in [7, 11) is 0. The van der Waals surface area contributed by atoms with Crippen molar-refractivity contribution >= 4 is 24.7 Å². The van der Waals surface area contributed by atoms with Crippen LogP contribution in [0.2, 0.25) is 0 Å². The number of aldehydes is 1. The van der Waals surface area contributed by atoms with E-state index in [-0.39, 0.29) is 68.1 Å². The van der Waals surface area contributed by atoms with Crippen LogP contribution in [0.5, 0.6) is 0 Å². The Labute approximate surface area is 164 Å². The monoisotopic (exact) mass is 326 g/mol. The van der Waals surface area contributed by atoms with Crippen LogP contribution < -0.4 is 56.8 Å². The molecule has 0 fully saturated rings. The van der Waals surface area contributed by atoms with Gasteiger partial charge in [-0.25, -0.2) is 4.79 Å². The van der Waals surface area contributed by atoms with E-state index >= 15 is 0 Å². The number of hydrogen-bond donors (Lipinski definition) is 0. The van der Waals surface area contributed by atoms with E-state index in [9.17, 15) is 22.5 Å². The van der Waals surface area contributed by atoms with E-state index in [1.165, 1.54) is 6.92 Å². The first kappa shape index (κ1) is 20.9. The molecule has 0 aliphatic rings. The molecule has 110 valence electrons. The van der Waals surface area contributed by atoms with Gasteiger partial charge in [0.2, 0.25) is 0 Å². The van der Waals surface area contributed by atoms with E-state index in [0.717, 1.165) is 12.1 Å². The second-order valence-corrected chi connectivity index (χ2v) is 5.48. The molecule has 0 saturated carbocycles. The molecule has 0 aromatic heterocycles. The molecule has 1 aromatic carbocycles. The van der Waals surface area contributed by atoms with Crippen molar-refractivity contribution in [1.29, 1.82) is 0 Å². The SMILES string of the molecule is Cc1c(C=O)cc([B-](F)(F)F)cc1C(=O)OC(C)(C)C.[K+]. The third kappa shape index (κ3) is 5.86. The predicted octanol–water partition coefficient (Wildman–Crippen LogP) is -0.179. The molecule has 0 aliphatic carbocycles. The predicted molar refractivity (Wildman–Crippen MR) is 70.4 cm³/mol. The molecular weight excluding hydrogens is 311 g/mol. The van der Waals surface area contributed by atoms with Gasteiger partial charge in [-0.05, 0) is 33.3 Å². The van der Waals surface area contributed by atoms with Gasteiger partial charge in [0.1, 0.15) is 11.9 Å². The number of ether oxygens (including phenoxy) is 1. The summed E-state index contributed by atoms with van der Waals surface area (Å²) in [6.45, 7) is 0.943. The summed E-state index contributed by atoms with van der Waals surface area (Å²) in [5, 5.41) is 0. The Balaban J connectivity index is 0.00000400. The topological polar surface area (TPSA) is 43.4 Å². The van der Waals surface area contributed by atoms with Gasteiger partial charge in [-0.15, -0.1) is 5.46 Å². The summed E-state index contributed by atoms with van der Waals surface area (Å²) < 4.78 is 43.5. The standard InChI is InChI=1S/C13H15BF3O3.K/c1-8-9(7-18)5-10(14(15,16)17)6-11(8)12(19)20-13(2,3)4;/h5-7H,1-4H3;/q-1;+1. The largest absolute Gasteiger partial charge is 1.00 e. The van der Waals surface area contributed by atoms with Crippen LogP contribution >= 0.6 is 0 Å². The Bertz CT molecular complexity index is 551. The van der Waals surface area contributed by atoms with Gasteiger partial charge >= 0.3 is 64.3 Å². The number of carbonyl (C=O) groups excluding carboxylic acids is 2. The van der Waals surface area contributed by atoms with Crippen LogP contribution in [0.3, 0.4) is 0 Å². The van der Waals surface area contributed by atoms with Gasteiger partial charge in [-0.2, -0.15) is 0 Å². The smallest absolute Gasteiger partial charge is 0.456 e. The Kier molecular flexibility index (Phi) is 7.36. The fourth-order valence-corrected chi connectivity index (χ4v) is 1.62. The molecular formula is C13H15BF3KO3. The first-order chi connectivity index (χ1) is 8.95. The summed E-state index contributed by atoms with van der Waals surface area (Å²) in [6, 6.07) is 1.48. The van der Waals surface area contributed by atoms with Crippen molar-refractivity contribution in [1.82, 2.24) is 0 Å². The summed E-state index contributed by atoms with van der Waals surface area (Å²) in [4.78, 5) is 22.8. The zero-order chi connectivity index (χ0) is 15.7. The summed E-state index contributed by atoms with van der Waals surface area (Å²) in [6.07, 6.45) is 0.300. The molecule has 1 aromatic rings. The number of carbonyl (C=O) groups is 2.